The van der Waals surface area contributed by atoms with Crippen LogP contribution in [0.2, 0.25) is 0 Å². The van der Waals surface area contributed by atoms with Gasteiger partial charge in [0.2, 0.25) is 5.91 Å². The first-order chi connectivity index (χ1) is 21.5. The summed E-state index contributed by atoms with van der Waals surface area (Å²) in [5, 5.41) is 9.76. The normalized spacial score (nSPS) is 13.7. The van der Waals surface area contributed by atoms with Gasteiger partial charge in [0, 0.05) is 25.0 Å². The number of nitrogens with zero attached hydrogens (tertiary/aromatic N) is 1. The lowest BCUT2D eigenvalue weighted by Crippen LogP contribution is -2.33. The number of aliphatic imine (C=N–C) groups is 1. The van der Waals surface area contributed by atoms with E-state index in [0.29, 0.717) is 19.6 Å². The van der Waals surface area contributed by atoms with E-state index in [0.717, 1.165) is 16.8 Å². The maximum absolute atomic E-state index is 12.7. The fourth-order valence-electron chi connectivity index (χ4n) is 3.94. The maximum atomic E-state index is 12.7. The van der Waals surface area contributed by atoms with Crippen molar-refractivity contribution in [2.75, 3.05) is 26.4 Å². The minimum absolute atomic E-state index is 0.0180. The summed E-state index contributed by atoms with van der Waals surface area (Å²) in [5.74, 6) is -1.90. The van der Waals surface area contributed by atoms with Gasteiger partial charge in [-0.2, -0.15) is 0 Å². The second kappa shape index (κ2) is 24.3. The largest absolute Gasteiger partial charge is 0.462 e. The standard InChI is InChI=1S/C34H51NO7.2C2H6/c1-24(2)31(35-27(5)36)25(3)20-40-21-29(17-13-16-28-14-11-10-12-15-28)22-42-34(8,9)19-18-30(37)26(4)32(38)41-23-33(6,7)39;2*1-2/h10-17,24-26,39H,18-23H2,1-9H3;2*1-2H3/b16-13+,29-17+,35-31?;;. The van der Waals surface area contributed by atoms with Gasteiger partial charge >= 0.3 is 5.97 Å². The molecule has 0 heterocycles. The quantitative estimate of drug-likeness (QED) is 0.0744. The molecule has 0 aliphatic heterocycles. The molecule has 0 radical (unpaired) electrons. The Hall–Kier alpha value is -2.94. The summed E-state index contributed by atoms with van der Waals surface area (Å²) in [6.45, 7) is 24.7. The molecular weight excluding hydrogens is 582 g/mol. The Bertz CT molecular complexity index is 1100. The molecule has 0 spiro atoms. The van der Waals surface area contributed by atoms with Gasteiger partial charge in [0.05, 0.1) is 31.0 Å². The summed E-state index contributed by atoms with van der Waals surface area (Å²) in [7, 11) is 0. The predicted octanol–water partition coefficient (Wildman–Crippen LogP) is 8.07. The van der Waals surface area contributed by atoms with Gasteiger partial charge in [-0.25, -0.2) is 4.99 Å². The number of esters is 1. The molecule has 0 saturated carbocycles. The summed E-state index contributed by atoms with van der Waals surface area (Å²) in [5.41, 5.74) is 1.00. The van der Waals surface area contributed by atoms with Crippen LogP contribution < -0.4 is 0 Å². The zero-order chi connectivity index (χ0) is 35.9. The average Bonchev–Trinajstić information content (AvgIpc) is 3.01. The van der Waals surface area contributed by atoms with E-state index in [9.17, 15) is 19.5 Å². The van der Waals surface area contributed by atoms with Crippen LogP contribution in [0.5, 0.6) is 0 Å². The van der Waals surface area contributed by atoms with E-state index >= 15 is 0 Å². The van der Waals surface area contributed by atoms with Crippen LogP contribution in [0, 0.1) is 17.8 Å². The predicted molar refractivity (Wildman–Crippen MR) is 190 cm³/mol. The van der Waals surface area contributed by atoms with E-state index in [1.54, 1.807) is 0 Å². The molecule has 0 fully saturated rings. The third kappa shape index (κ3) is 21.7. The lowest BCUT2D eigenvalue weighted by molar-refractivity contribution is -0.157. The van der Waals surface area contributed by atoms with E-state index in [2.05, 4.69) is 4.99 Å². The van der Waals surface area contributed by atoms with E-state index in [-0.39, 0.29) is 43.2 Å². The SMILES string of the molecule is CC.CC.CC(=O)N=C(C(C)C)C(C)COC/C(=C\C=C\c1ccccc1)COC(C)(C)CCC(=O)C(C)C(=O)OCC(C)(C)O. The van der Waals surface area contributed by atoms with Gasteiger partial charge in [-0.1, -0.05) is 97.0 Å². The highest BCUT2D eigenvalue weighted by Crippen LogP contribution is 2.21. The third-order valence-corrected chi connectivity index (χ3v) is 6.48. The van der Waals surface area contributed by atoms with Crippen molar-refractivity contribution in [1.29, 1.82) is 0 Å². The molecule has 0 bridgehead atoms. The fourth-order valence-corrected chi connectivity index (χ4v) is 3.94. The van der Waals surface area contributed by atoms with Gasteiger partial charge < -0.3 is 19.3 Å². The maximum Gasteiger partial charge on any atom is 0.316 e. The number of ether oxygens (including phenoxy) is 3. The van der Waals surface area contributed by atoms with Crippen LogP contribution in [0.15, 0.2) is 53.0 Å². The number of amides is 1. The van der Waals surface area contributed by atoms with E-state index in [1.807, 2.05) is 111 Å². The van der Waals surface area contributed by atoms with Crippen molar-refractivity contribution < 1.29 is 33.7 Å². The zero-order valence-corrected chi connectivity index (χ0v) is 30.9. The van der Waals surface area contributed by atoms with E-state index in [4.69, 9.17) is 14.2 Å². The first-order valence-electron chi connectivity index (χ1n) is 16.6. The van der Waals surface area contributed by atoms with Crippen molar-refractivity contribution in [1.82, 2.24) is 0 Å². The average molecular weight is 646 g/mol. The fraction of sp³-hybridized carbons (Fsp3) is 0.632. The molecule has 2 atom stereocenters. The molecule has 1 N–H and O–H groups in total. The van der Waals surface area contributed by atoms with Crippen LogP contribution in [0.4, 0.5) is 0 Å². The number of allylic oxidation sites excluding steroid dienone is 2. The smallest absolute Gasteiger partial charge is 0.316 e. The van der Waals surface area contributed by atoms with Crippen molar-refractivity contribution in [2.45, 2.75) is 114 Å². The lowest BCUT2D eigenvalue weighted by Gasteiger charge is -2.26. The van der Waals surface area contributed by atoms with Gasteiger partial charge in [-0.05, 0) is 58.1 Å². The Kier molecular flexibility index (Phi) is 23.8. The number of Topliss-reactive ketones (excluding diaryl/α,β-unsaturated/α-hetero) is 1. The number of carbonyl (C=O) groups excluding carboxylic acids is 3. The van der Waals surface area contributed by atoms with Crippen LogP contribution in [-0.2, 0) is 28.6 Å². The number of rotatable bonds is 18. The molecular formula is C38H63NO7. The molecule has 1 amide bonds. The Morgan fingerprint density at radius 3 is 2.04 bits per heavy atom. The first-order valence-corrected chi connectivity index (χ1v) is 16.6. The number of carbonyl (C=O) groups is 3. The minimum atomic E-state index is -1.16. The molecule has 0 aliphatic carbocycles. The van der Waals surface area contributed by atoms with Crippen molar-refractivity contribution in [3.05, 3.63) is 53.6 Å². The highest BCUT2D eigenvalue weighted by atomic mass is 16.5. The number of benzene rings is 1. The van der Waals surface area contributed by atoms with Gasteiger partial charge in [0.1, 0.15) is 18.3 Å². The van der Waals surface area contributed by atoms with Crippen molar-refractivity contribution in [2.24, 2.45) is 22.7 Å². The van der Waals surface area contributed by atoms with Crippen molar-refractivity contribution in [3.8, 4) is 0 Å². The number of ketones is 1. The summed E-state index contributed by atoms with van der Waals surface area (Å²) in [6, 6.07) is 9.95. The third-order valence-electron chi connectivity index (χ3n) is 6.48. The van der Waals surface area contributed by atoms with Crippen molar-refractivity contribution >= 4 is 29.4 Å². The van der Waals surface area contributed by atoms with Crippen LogP contribution in [0.25, 0.3) is 6.08 Å². The molecule has 1 aromatic rings. The summed E-state index contributed by atoms with van der Waals surface area (Å²) < 4.78 is 17.3. The molecule has 8 nitrogen and oxygen atoms in total. The molecule has 0 saturated heterocycles. The summed E-state index contributed by atoms with van der Waals surface area (Å²) in [4.78, 5) is 40.6. The second-order valence-corrected chi connectivity index (χ2v) is 12.4. The monoisotopic (exact) mass is 645 g/mol. The number of hydrogen-bond acceptors (Lipinski definition) is 7. The van der Waals surface area contributed by atoms with E-state index in [1.165, 1.54) is 27.7 Å². The van der Waals surface area contributed by atoms with Gasteiger partial charge in [-0.3, -0.25) is 14.4 Å². The van der Waals surface area contributed by atoms with Crippen LogP contribution >= 0.6 is 0 Å². The van der Waals surface area contributed by atoms with Gasteiger partial charge in [0.15, 0.2) is 0 Å². The summed E-state index contributed by atoms with van der Waals surface area (Å²) in [6.07, 6.45) is 6.49. The van der Waals surface area contributed by atoms with Crippen LogP contribution in [0.3, 0.4) is 0 Å². The van der Waals surface area contributed by atoms with Gasteiger partial charge in [-0.15, -0.1) is 0 Å². The Labute approximate surface area is 279 Å². The van der Waals surface area contributed by atoms with Crippen LogP contribution in [-0.4, -0.2) is 66.1 Å². The minimum Gasteiger partial charge on any atom is -0.462 e. The number of hydrogen-bond donors (Lipinski definition) is 1. The Morgan fingerprint density at radius 1 is 0.935 bits per heavy atom. The molecule has 2 unspecified atom stereocenters. The molecule has 0 aromatic heterocycles. The topological polar surface area (TPSA) is 111 Å². The van der Waals surface area contributed by atoms with E-state index < -0.39 is 23.1 Å². The van der Waals surface area contributed by atoms with Gasteiger partial charge in [0.25, 0.3) is 0 Å². The Morgan fingerprint density at radius 2 is 1.52 bits per heavy atom. The molecule has 46 heavy (non-hydrogen) atoms. The Balaban J connectivity index is 0. The molecule has 1 aromatic carbocycles. The first kappa shape index (κ1) is 45.2. The van der Waals surface area contributed by atoms with Crippen molar-refractivity contribution in [3.63, 3.8) is 0 Å². The zero-order valence-electron chi connectivity index (χ0n) is 30.9. The highest BCUT2D eigenvalue weighted by molar-refractivity contribution is 5.98. The molecule has 0 aliphatic rings. The summed E-state index contributed by atoms with van der Waals surface area (Å²) >= 11 is 0. The van der Waals surface area contributed by atoms with Crippen LogP contribution in [0.1, 0.15) is 108 Å². The second-order valence-electron chi connectivity index (χ2n) is 12.4. The molecule has 262 valence electrons. The lowest BCUT2D eigenvalue weighted by atomic mass is 9.95. The highest BCUT2D eigenvalue weighted by Gasteiger charge is 2.28. The molecule has 8 heteroatoms. The molecule has 1 rings (SSSR count). The number of aliphatic hydroxyl groups is 1.